The number of aliphatic hydroxyl groups excluding tert-OH is 1. The summed E-state index contributed by atoms with van der Waals surface area (Å²) in [5, 5.41) is 15.4. The van der Waals surface area contributed by atoms with E-state index in [0.29, 0.717) is 23.5 Å². The highest BCUT2D eigenvalue weighted by atomic mass is 19.1. The second-order valence-corrected chi connectivity index (χ2v) is 7.61. The molecule has 1 aromatic carbocycles. The molecule has 1 atom stereocenters. The fourth-order valence-corrected chi connectivity index (χ4v) is 2.86. The number of rotatable bonds is 7. The highest BCUT2D eigenvalue weighted by Crippen LogP contribution is 2.34. The van der Waals surface area contributed by atoms with Crippen LogP contribution in [0.5, 0.6) is 0 Å². The summed E-state index contributed by atoms with van der Waals surface area (Å²) in [4.78, 5) is 25.1. The first-order valence-corrected chi connectivity index (χ1v) is 9.12. The maximum absolute atomic E-state index is 14.5. The van der Waals surface area contributed by atoms with E-state index < -0.39 is 23.6 Å². The van der Waals surface area contributed by atoms with Crippen LogP contribution in [0.4, 0.5) is 20.6 Å². The molecule has 2 rings (SSSR count). The van der Waals surface area contributed by atoms with Gasteiger partial charge in [0.15, 0.2) is 0 Å². The Balaban J connectivity index is 1.90. The number of carbonyl (C=O) groups is 2. The zero-order valence-corrected chi connectivity index (χ0v) is 16.3. The molecule has 1 aliphatic heterocycles. The van der Waals surface area contributed by atoms with Crippen LogP contribution in [0.25, 0.3) is 0 Å². The topological polar surface area (TPSA) is 90.9 Å². The minimum atomic E-state index is -0.882. The Bertz CT molecular complexity index is 703. The molecule has 0 bridgehead atoms. The standard InChI is InChI=1S/C19H28FN3O4/c1-5-6-23-16(25)8-12-7-13(9-15(20)17(12)23)21-10-14(24)11-22-18(26)27-19(2,3)4/h7,9,14,21,24H,5-6,8,10-11H2,1-4H3,(H,22,26). The summed E-state index contributed by atoms with van der Waals surface area (Å²) in [7, 11) is 0. The van der Waals surface area contributed by atoms with Gasteiger partial charge in [0.2, 0.25) is 5.91 Å². The van der Waals surface area contributed by atoms with Gasteiger partial charge in [0, 0.05) is 25.3 Å². The van der Waals surface area contributed by atoms with E-state index in [4.69, 9.17) is 4.74 Å². The van der Waals surface area contributed by atoms with E-state index in [1.165, 1.54) is 11.0 Å². The van der Waals surface area contributed by atoms with Gasteiger partial charge in [0.1, 0.15) is 11.4 Å². The Morgan fingerprint density at radius 3 is 2.70 bits per heavy atom. The van der Waals surface area contributed by atoms with Gasteiger partial charge in [-0.05, 0) is 44.9 Å². The Morgan fingerprint density at radius 2 is 2.07 bits per heavy atom. The van der Waals surface area contributed by atoms with Gasteiger partial charge in [-0.15, -0.1) is 0 Å². The second-order valence-electron chi connectivity index (χ2n) is 7.61. The average molecular weight is 381 g/mol. The number of halogens is 1. The molecule has 27 heavy (non-hydrogen) atoms. The highest BCUT2D eigenvalue weighted by molar-refractivity contribution is 6.02. The van der Waals surface area contributed by atoms with Crippen LogP contribution in [0.2, 0.25) is 0 Å². The number of carbonyl (C=O) groups excluding carboxylic acids is 2. The van der Waals surface area contributed by atoms with Crippen molar-refractivity contribution in [3.63, 3.8) is 0 Å². The van der Waals surface area contributed by atoms with Crippen LogP contribution >= 0.6 is 0 Å². The van der Waals surface area contributed by atoms with Gasteiger partial charge in [-0.3, -0.25) is 4.79 Å². The Hall–Kier alpha value is -2.35. The van der Waals surface area contributed by atoms with Crippen molar-refractivity contribution in [2.75, 3.05) is 29.9 Å². The number of amides is 2. The molecule has 1 heterocycles. The summed E-state index contributed by atoms with van der Waals surface area (Å²) in [6.07, 6.45) is -0.571. The number of nitrogens with zero attached hydrogens (tertiary/aromatic N) is 1. The Labute approximate surface area is 158 Å². The summed E-state index contributed by atoms with van der Waals surface area (Å²) in [5.74, 6) is -0.569. The smallest absolute Gasteiger partial charge is 0.407 e. The molecule has 7 nitrogen and oxygen atoms in total. The van der Waals surface area contributed by atoms with E-state index in [1.54, 1.807) is 26.8 Å². The van der Waals surface area contributed by atoms with Crippen molar-refractivity contribution in [1.29, 1.82) is 0 Å². The van der Waals surface area contributed by atoms with E-state index in [0.717, 1.165) is 6.42 Å². The monoisotopic (exact) mass is 381 g/mol. The molecule has 0 aromatic heterocycles. The van der Waals surface area contributed by atoms with E-state index >= 15 is 0 Å². The Morgan fingerprint density at radius 1 is 1.37 bits per heavy atom. The first-order chi connectivity index (χ1) is 12.6. The molecule has 0 radical (unpaired) electrons. The van der Waals surface area contributed by atoms with E-state index in [1.807, 2.05) is 6.92 Å². The number of fused-ring (bicyclic) bond motifs is 1. The zero-order valence-electron chi connectivity index (χ0n) is 16.3. The van der Waals surface area contributed by atoms with E-state index in [9.17, 15) is 19.1 Å². The molecule has 0 saturated heterocycles. The molecule has 2 amide bonds. The van der Waals surface area contributed by atoms with Crippen LogP contribution in [0.1, 0.15) is 39.7 Å². The number of aliphatic hydroxyl groups is 1. The predicted octanol–water partition coefficient (Wildman–Crippen LogP) is 2.42. The van der Waals surface area contributed by atoms with Gasteiger partial charge < -0.3 is 25.4 Å². The van der Waals surface area contributed by atoms with E-state index in [-0.39, 0.29) is 25.4 Å². The van der Waals surface area contributed by atoms with Crippen LogP contribution in [-0.4, -0.2) is 48.4 Å². The molecule has 0 spiro atoms. The minimum absolute atomic E-state index is 0.00189. The lowest BCUT2D eigenvalue weighted by molar-refractivity contribution is -0.117. The van der Waals surface area contributed by atoms with Crippen molar-refractivity contribution in [2.45, 2.75) is 52.2 Å². The van der Waals surface area contributed by atoms with Gasteiger partial charge in [0.05, 0.1) is 18.2 Å². The molecular formula is C19H28FN3O4. The fraction of sp³-hybridized carbons (Fsp3) is 0.579. The third kappa shape index (κ3) is 5.82. The van der Waals surface area contributed by atoms with Crippen LogP contribution < -0.4 is 15.5 Å². The van der Waals surface area contributed by atoms with Crippen molar-refractivity contribution in [3.05, 3.63) is 23.5 Å². The maximum Gasteiger partial charge on any atom is 0.407 e. The van der Waals surface area contributed by atoms with Crippen molar-refractivity contribution in [3.8, 4) is 0 Å². The molecule has 1 aliphatic rings. The zero-order chi connectivity index (χ0) is 20.2. The maximum atomic E-state index is 14.5. The number of hydrogen-bond acceptors (Lipinski definition) is 5. The first kappa shape index (κ1) is 21.0. The van der Waals surface area contributed by atoms with Crippen LogP contribution in [0.3, 0.4) is 0 Å². The summed E-state index contributed by atoms with van der Waals surface area (Å²) in [6, 6.07) is 3.04. The van der Waals surface area contributed by atoms with E-state index in [2.05, 4.69) is 10.6 Å². The lowest BCUT2D eigenvalue weighted by Gasteiger charge is -2.21. The molecule has 3 N–H and O–H groups in total. The summed E-state index contributed by atoms with van der Waals surface area (Å²) >= 11 is 0. The van der Waals surface area contributed by atoms with Crippen LogP contribution in [0.15, 0.2) is 12.1 Å². The van der Waals surface area contributed by atoms with Crippen LogP contribution in [-0.2, 0) is 16.0 Å². The quantitative estimate of drug-likeness (QED) is 0.675. The summed E-state index contributed by atoms with van der Waals surface area (Å²) < 4.78 is 19.6. The number of nitrogens with one attached hydrogen (secondary N) is 2. The van der Waals surface area contributed by atoms with Gasteiger partial charge in [-0.2, -0.15) is 0 Å². The normalized spacial score (nSPS) is 14.7. The number of hydrogen-bond donors (Lipinski definition) is 3. The largest absolute Gasteiger partial charge is 0.444 e. The van der Waals surface area contributed by atoms with Crippen LogP contribution in [0, 0.1) is 5.82 Å². The van der Waals surface area contributed by atoms with Crippen molar-refractivity contribution in [2.24, 2.45) is 0 Å². The third-order valence-electron chi connectivity index (χ3n) is 3.92. The first-order valence-electron chi connectivity index (χ1n) is 9.12. The molecule has 0 saturated carbocycles. The molecular weight excluding hydrogens is 353 g/mol. The summed E-state index contributed by atoms with van der Waals surface area (Å²) in [5.41, 5.74) is 0.851. The van der Waals surface area contributed by atoms with Gasteiger partial charge in [-0.1, -0.05) is 6.92 Å². The molecule has 1 aromatic rings. The number of alkyl carbamates (subject to hydrolysis) is 1. The highest BCUT2D eigenvalue weighted by Gasteiger charge is 2.30. The molecule has 0 fully saturated rings. The SMILES string of the molecule is CCCN1C(=O)Cc2cc(NCC(O)CNC(=O)OC(C)(C)C)cc(F)c21. The molecule has 8 heteroatoms. The number of anilines is 2. The van der Waals surface area contributed by atoms with Gasteiger partial charge in [0.25, 0.3) is 0 Å². The van der Waals surface area contributed by atoms with Crippen molar-refractivity contribution < 1.29 is 23.8 Å². The number of ether oxygens (including phenoxy) is 1. The lowest BCUT2D eigenvalue weighted by Crippen LogP contribution is -2.39. The fourth-order valence-electron chi connectivity index (χ4n) is 2.86. The average Bonchev–Trinajstić information content (AvgIpc) is 2.86. The molecule has 1 unspecified atom stereocenters. The van der Waals surface area contributed by atoms with Crippen molar-refractivity contribution >= 4 is 23.4 Å². The second kappa shape index (κ2) is 8.56. The minimum Gasteiger partial charge on any atom is -0.444 e. The Kier molecular flexibility index (Phi) is 6.64. The molecule has 0 aliphatic carbocycles. The molecule has 150 valence electrons. The van der Waals surface area contributed by atoms with Gasteiger partial charge >= 0.3 is 6.09 Å². The van der Waals surface area contributed by atoms with Gasteiger partial charge in [-0.25, -0.2) is 9.18 Å². The third-order valence-corrected chi connectivity index (χ3v) is 3.92. The van der Waals surface area contributed by atoms with Crippen molar-refractivity contribution in [1.82, 2.24) is 5.32 Å². The summed E-state index contributed by atoms with van der Waals surface area (Å²) in [6.45, 7) is 7.78. The number of benzene rings is 1. The predicted molar refractivity (Wildman–Crippen MR) is 101 cm³/mol. The lowest BCUT2D eigenvalue weighted by atomic mass is 10.1.